The number of halogens is 2. The third-order valence-electron chi connectivity index (χ3n) is 9.41. The Morgan fingerprint density at radius 2 is 1.45 bits per heavy atom. The van der Waals surface area contributed by atoms with Crippen LogP contribution in [0.5, 0.6) is 11.5 Å². The highest BCUT2D eigenvalue weighted by molar-refractivity contribution is 6.43. The number of nitrogens with zero attached hydrogens (tertiary/aromatic N) is 7. The van der Waals surface area contributed by atoms with Gasteiger partial charge >= 0.3 is 18.2 Å². The van der Waals surface area contributed by atoms with Gasteiger partial charge in [0.1, 0.15) is 56.3 Å². The van der Waals surface area contributed by atoms with Gasteiger partial charge in [-0.3, -0.25) is 10.1 Å². The van der Waals surface area contributed by atoms with Crippen molar-refractivity contribution >= 4 is 70.0 Å². The van der Waals surface area contributed by atoms with Crippen molar-refractivity contribution in [2.45, 2.75) is 97.1 Å². The van der Waals surface area contributed by atoms with Crippen LogP contribution in [0, 0.1) is 10.1 Å². The van der Waals surface area contributed by atoms with Crippen molar-refractivity contribution in [3.8, 4) is 11.5 Å². The van der Waals surface area contributed by atoms with Crippen molar-refractivity contribution in [2.75, 3.05) is 49.1 Å². The number of carbonyl (C=O) groups is 3. The standard InChI is InChI=1S/C39H50Cl2N8O9/c1-38(2,3)57-36(51)47(27-13-12-26(19-28(27)49(53)54)46-16-14-25(15-17-46)45(7)24-10-11-24)31-18-23(43-22-44-31)21-42-35(50)48(37(52)58-39(4,5)6)34-32(40)29(55-8)20-30(56-9)33(34)41/h12-13,18-20,22,24-25H,10-11,14-17,21H2,1-9H3,(H,42,50). The van der Waals surface area contributed by atoms with Gasteiger partial charge in [-0.1, -0.05) is 23.2 Å². The van der Waals surface area contributed by atoms with Gasteiger partial charge in [0.05, 0.1) is 31.4 Å². The van der Waals surface area contributed by atoms with Crippen LogP contribution >= 0.6 is 23.2 Å². The summed E-state index contributed by atoms with van der Waals surface area (Å²) in [7, 11) is 4.84. The zero-order valence-corrected chi connectivity index (χ0v) is 35.6. The van der Waals surface area contributed by atoms with Crippen LogP contribution in [0.3, 0.4) is 0 Å². The number of carbonyl (C=O) groups excluding carboxylic acids is 3. The van der Waals surface area contributed by atoms with Crippen LogP contribution in [0.1, 0.15) is 72.9 Å². The maximum atomic E-state index is 13.9. The summed E-state index contributed by atoms with van der Waals surface area (Å²) in [6.07, 6.45) is 3.37. The van der Waals surface area contributed by atoms with Crippen molar-refractivity contribution in [1.29, 1.82) is 0 Å². The Labute approximate surface area is 347 Å². The SMILES string of the molecule is COc1cc(OC)c(Cl)c(N(C(=O)NCc2cc(N(C(=O)OC(C)(C)C)c3ccc(N4CCC(N(C)C5CC5)CC4)cc3[N+](=O)[O-])ncn2)C(=O)OC(C)(C)C)c1Cl. The lowest BCUT2D eigenvalue weighted by molar-refractivity contribution is -0.384. The van der Waals surface area contributed by atoms with E-state index in [-0.39, 0.29) is 56.7 Å². The van der Waals surface area contributed by atoms with E-state index in [1.807, 2.05) is 0 Å². The molecule has 0 spiro atoms. The highest BCUT2D eigenvalue weighted by Crippen LogP contribution is 2.47. The fourth-order valence-electron chi connectivity index (χ4n) is 6.48. The minimum atomic E-state index is -1.12. The van der Waals surface area contributed by atoms with E-state index in [1.54, 1.807) is 47.6 Å². The van der Waals surface area contributed by atoms with Crippen molar-refractivity contribution in [1.82, 2.24) is 20.2 Å². The first kappa shape index (κ1) is 44.0. The van der Waals surface area contributed by atoms with Gasteiger partial charge in [-0.15, -0.1) is 0 Å². The summed E-state index contributed by atoms with van der Waals surface area (Å²) in [5, 5.41) is 14.9. The molecule has 1 saturated carbocycles. The summed E-state index contributed by atoms with van der Waals surface area (Å²) < 4.78 is 21.9. The Morgan fingerprint density at radius 1 is 0.879 bits per heavy atom. The van der Waals surface area contributed by atoms with E-state index in [9.17, 15) is 24.5 Å². The summed E-state index contributed by atoms with van der Waals surface area (Å²) in [5.74, 6) is 0.0385. The Bertz CT molecular complexity index is 2000. The number of amides is 4. The lowest BCUT2D eigenvalue weighted by Crippen LogP contribution is -2.46. The van der Waals surface area contributed by atoms with Crippen LogP contribution in [0.15, 0.2) is 36.7 Å². The monoisotopic (exact) mass is 844 g/mol. The highest BCUT2D eigenvalue weighted by atomic mass is 35.5. The van der Waals surface area contributed by atoms with Crippen molar-refractivity contribution in [2.24, 2.45) is 0 Å². The zero-order chi connectivity index (χ0) is 42.7. The van der Waals surface area contributed by atoms with Gasteiger partial charge in [0, 0.05) is 49.1 Å². The maximum absolute atomic E-state index is 13.9. The Kier molecular flexibility index (Phi) is 13.5. The lowest BCUT2D eigenvalue weighted by atomic mass is 10.0. The molecule has 2 fully saturated rings. The lowest BCUT2D eigenvalue weighted by Gasteiger charge is -2.38. The van der Waals surface area contributed by atoms with Gasteiger partial charge < -0.3 is 34.1 Å². The molecular weight excluding hydrogens is 795 g/mol. The summed E-state index contributed by atoms with van der Waals surface area (Å²) in [4.78, 5) is 68.2. The van der Waals surface area contributed by atoms with E-state index < -0.39 is 34.3 Å². The molecular formula is C39H50Cl2N8O9. The Morgan fingerprint density at radius 3 is 1.98 bits per heavy atom. The number of methoxy groups -OCH3 is 2. The van der Waals surface area contributed by atoms with Crippen molar-refractivity contribution in [3.05, 3.63) is 62.5 Å². The van der Waals surface area contributed by atoms with Gasteiger partial charge in [0.15, 0.2) is 0 Å². The van der Waals surface area contributed by atoms with Crippen LogP contribution in [-0.2, 0) is 16.0 Å². The van der Waals surface area contributed by atoms with Crippen LogP contribution in [0.2, 0.25) is 10.0 Å². The summed E-state index contributed by atoms with van der Waals surface area (Å²) in [5.41, 5.74) is -1.92. The predicted octanol–water partition coefficient (Wildman–Crippen LogP) is 8.50. The second kappa shape index (κ2) is 17.8. The number of piperidine rings is 1. The minimum absolute atomic E-state index is 0.0605. The van der Waals surface area contributed by atoms with Crippen LogP contribution in [-0.4, -0.2) is 95.7 Å². The summed E-state index contributed by atoms with van der Waals surface area (Å²) >= 11 is 13.2. The molecule has 1 aromatic heterocycles. The van der Waals surface area contributed by atoms with Gasteiger partial charge in [0.25, 0.3) is 5.69 Å². The van der Waals surface area contributed by atoms with Crippen LogP contribution in [0.25, 0.3) is 0 Å². The zero-order valence-electron chi connectivity index (χ0n) is 34.1. The molecule has 0 unspecified atom stereocenters. The Hall–Kier alpha value is -5.13. The number of anilines is 4. The van der Waals surface area contributed by atoms with E-state index in [4.69, 9.17) is 42.1 Å². The summed E-state index contributed by atoms with van der Waals surface area (Å²) in [6.45, 7) is 11.0. The van der Waals surface area contributed by atoms with E-state index in [1.165, 1.54) is 51.3 Å². The molecule has 5 rings (SSSR count). The number of hydrogen-bond acceptors (Lipinski definition) is 13. The first-order chi connectivity index (χ1) is 27.2. The van der Waals surface area contributed by atoms with E-state index >= 15 is 0 Å². The number of nitrogens with one attached hydrogen (secondary N) is 1. The first-order valence-electron chi connectivity index (χ1n) is 18.7. The fourth-order valence-corrected chi connectivity index (χ4v) is 7.15. The van der Waals surface area contributed by atoms with Crippen molar-refractivity contribution < 1.29 is 38.3 Å². The molecule has 1 aliphatic carbocycles. The molecule has 19 heteroatoms. The number of rotatable bonds is 11. The smallest absolute Gasteiger partial charge is 0.423 e. The molecule has 1 N–H and O–H groups in total. The quantitative estimate of drug-likeness (QED) is 0.143. The third kappa shape index (κ3) is 10.5. The molecule has 17 nitrogen and oxygen atoms in total. The van der Waals surface area contributed by atoms with Crippen molar-refractivity contribution in [3.63, 3.8) is 0 Å². The van der Waals surface area contributed by atoms with Crippen LogP contribution < -0.4 is 29.5 Å². The topological polar surface area (TPSA) is 182 Å². The average Bonchev–Trinajstić information content (AvgIpc) is 4.00. The fraction of sp³-hybridized carbons (Fsp3) is 0.513. The minimum Gasteiger partial charge on any atom is -0.495 e. The molecule has 4 amide bonds. The van der Waals surface area contributed by atoms with E-state index in [2.05, 4.69) is 32.1 Å². The number of urea groups is 1. The molecule has 314 valence electrons. The summed E-state index contributed by atoms with van der Waals surface area (Å²) in [6, 6.07) is 7.52. The maximum Gasteiger partial charge on any atom is 0.423 e. The molecule has 58 heavy (non-hydrogen) atoms. The second-order valence-corrected chi connectivity index (χ2v) is 16.7. The number of nitro groups is 1. The molecule has 2 aliphatic rings. The number of ether oxygens (including phenoxy) is 4. The molecule has 3 aromatic rings. The van der Waals surface area contributed by atoms with Gasteiger partial charge in [-0.2, -0.15) is 4.90 Å². The molecule has 1 saturated heterocycles. The molecule has 0 radical (unpaired) electrons. The number of hydrogen-bond donors (Lipinski definition) is 1. The number of aromatic nitrogens is 2. The van der Waals surface area contributed by atoms with E-state index in [0.29, 0.717) is 22.7 Å². The molecule has 0 bridgehead atoms. The van der Waals surface area contributed by atoms with E-state index in [0.717, 1.165) is 37.2 Å². The van der Waals surface area contributed by atoms with Gasteiger partial charge in [0.2, 0.25) is 0 Å². The average molecular weight is 846 g/mol. The molecule has 2 aromatic carbocycles. The Balaban J connectivity index is 1.46. The number of imide groups is 1. The van der Waals surface area contributed by atoms with Gasteiger partial charge in [-0.05, 0) is 86.4 Å². The normalized spacial score (nSPS) is 14.8. The number of benzene rings is 2. The molecule has 1 aliphatic heterocycles. The highest BCUT2D eigenvalue weighted by Gasteiger charge is 2.37. The molecule has 2 heterocycles. The molecule has 0 atom stereocenters. The number of nitro benzene ring substituents is 1. The van der Waals surface area contributed by atoms with Crippen LogP contribution in [0.4, 0.5) is 43.0 Å². The second-order valence-electron chi connectivity index (χ2n) is 16.0. The predicted molar refractivity (Wildman–Crippen MR) is 220 cm³/mol. The largest absolute Gasteiger partial charge is 0.495 e. The first-order valence-corrected chi connectivity index (χ1v) is 19.5. The third-order valence-corrected chi connectivity index (χ3v) is 10.1. The van der Waals surface area contributed by atoms with Gasteiger partial charge in [-0.25, -0.2) is 29.3 Å².